The van der Waals surface area contributed by atoms with E-state index in [0.29, 0.717) is 6.04 Å². The maximum absolute atomic E-state index is 3.56. The van der Waals surface area contributed by atoms with Gasteiger partial charge in [-0.3, -0.25) is 0 Å². The van der Waals surface area contributed by atoms with Gasteiger partial charge >= 0.3 is 0 Å². The standard InChI is InChI=1S/C18H39N/c1-6-7-8-9-10-11-12-13-14-17(4)18(5)15-19-16(2)3/h16-19H,6-15H2,1-5H3. The van der Waals surface area contributed by atoms with Gasteiger partial charge in [0.05, 0.1) is 0 Å². The van der Waals surface area contributed by atoms with Crippen LogP contribution in [0.25, 0.3) is 0 Å². The fraction of sp³-hybridized carbons (Fsp3) is 1.00. The van der Waals surface area contributed by atoms with Crippen LogP contribution in [0, 0.1) is 11.8 Å². The molecule has 0 aliphatic heterocycles. The second-order valence-corrected chi connectivity index (χ2v) is 6.78. The van der Waals surface area contributed by atoms with Crippen molar-refractivity contribution in [1.29, 1.82) is 0 Å². The summed E-state index contributed by atoms with van der Waals surface area (Å²) in [4.78, 5) is 0. The van der Waals surface area contributed by atoms with Crippen molar-refractivity contribution in [1.82, 2.24) is 5.32 Å². The lowest BCUT2D eigenvalue weighted by Gasteiger charge is -2.21. The Morgan fingerprint density at radius 2 is 1.21 bits per heavy atom. The number of unbranched alkanes of at least 4 members (excludes halogenated alkanes) is 7. The molecule has 0 saturated carbocycles. The lowest BCUT2D eigenvalue weighted by Crippen LogP contribution is -2.30. The molecule has 0 aromatic heterocycles. The van der Waals surface area contributed by atoms with Crippen LogP contribution < -0.4 is 5.32 Å². The van der Waals surface area contributed by atoms with Gasteiger partial charge < -0.3 is 5.32 Å². The molecule has 0 heterocycles. The summed E-state index contributed by atoms with van der Waals surface area (Å²) in [6, 6.07) is 0.623. The van der Waals surface area contributed by atoms with Gasteiger partial charge in [0.15, 0.2) is 0 Å². The number of nitrogens with one attached hydrogen (secondary N) is 1. The fourth-order valence-electron chi connectivity index (χ4n) is 2.51. The summed E-state index contributed by atoms with van der Waals surface area (Å²) in [5.74, 6) is 1.68. The number of rotatable bonds is 13. The molecule has 0 aromatic rings. The van der Waals surface area contributed by atoms with Gasteiger partial charge in [-0.25, -0.2) is 0 Å². The summed E-state index contributed by atoms with van der Waals surface area (Å²) >= 11 is 0. The van der Waals surface area contributed by atoms with Crippen LogP contribution in [0.15, 0.2) is 0 Å². The summed E-state index contributed by atoms with van der Waals surface area (Å²) in [6.45, 7) is 12.7. The Morgan fingerprint density at radius 3 is 1.74 bits per heavy atom. The van der Waals surface area contributed by atoms with E-state index < -0.39 is 0 Å². The summed E-state index contributed by atoms with van der Waals surface area (Å²) in [6.07, 6.45) is 12.9. The van der Waals surface area contributed by atoms with E-state index in [0.717, 1.165) is 11.8 Å². The quantitative estimate of drug-likeness (QED) is 0.417. The van der Waals surface area contributed by atoms with Gasteiger partial charge in [0.1, 0.15) is 0 Å². The highest BCUT2D eigenvalue weighted by atomic mass is 14.9. The van der Waals surface area contributed by atoms with Crippen molar-refractivity contribution in [2.24, 2.45) is 11.8 Å². The van der Waals surface area contributed by atoms with E-state index in [4.69, 9.17) is 0 Å². The smallest absolute Gasteiger partial charge is 0.00104 e. The Bertz CT molecular complexity index is 177. The van der Waals surface area contributed by atoms with E-state index >= 15 is 0 Å². The van der Waals surface area contributed by atoms with Crippen molar-refractivity contribution in [3.05, 3.63) is 0 Å². The first kappa shape index (κ1) is 19.0. The number of hydrogen-bond donors (Lipinski definition) is 1. The van der Waals surface area contributed by atoms with Crippen molar-refractivity contribution in [2.75, 3.05) is 6.54 Å². The normalized spacial score (nSPS) is 14.8. The van der Waals surface area contributed by atoms with Gasteiger partial charge in [-0.1, -0.05) is 92.4 Å². The van der Waals surface area contributed by atoms with Gasteiger partial charge in [0.25, 0.3) is 0 Å². The molecule has 0 amide bonds. The minimum absolute atomic E-state index is 0.623. The minimum Gasteiger partial charge on any atom is -0.314 e. The second kappa shape index (κ2) is 13.0. The van der Waals surface area contributed by atoms with Crippen LogP contribution >= 0.6 is 0 Å². The van der Waals surface area contributed by atoms with E-state index in [-0.39, 0.29) is 0 Å². The molecule has 0 bridgehead atoms. The predicted octanol–water partition coefficient (Wildman–Crippen LogP) is 5.79. The SMILES string of the molecule is CCCCCCCCCCC(C)C(C)CNC(C)C. The Kier molecular flexibility index (Phi) is 12.9. The maximum atomic E-state index is 3.56. The van der Waals surface area contributed by atoms with Crippen molar-refractivity contribution in [3.63, 3.8) is 0 Å². The van der Waals surface area contributed by atoms with Crippen LogP contribution in [0.4, 0.5) is 0 Å². The first-order chi connectivity index (χ1) is 9.07. The van der Waals surface area contributed by atoms with E-state index in [1.54, 1.807) is 0 Å². The molecule has 0 aliphatic rings. The van der Waals surface area contributed by atoms with Crippen molar-refractivity contribution >= 4 is 0 Å². The predicted molar refractivity (Wildman–Crippen MR) is 88.7 cm³/mol. The Morgan fingerprint density at radius 1 is 0.684 bits per heavy atom. The molecule has 0 radical (unpaired) electrons. The molecular weight excluding hydrogens is 230 g/mol. The molecule has 0 rings (SSSR count). The molecule has 2 atom stereocenters. The lowest BCUT2D eigenvalue weighted by atomic mass is 9.90. The van der Waals surface area contributed by atoms with Gasteiger partial charge in [0, 0.05) is 6.04 Å². The second-order valence-electron chi connectivity index (χ2n) is 6.78. The van der Waals surface area contributed by atoms with Crippen molar-refractivity contribution in [2.45, 2.75) is 98.4 Å². The average molecular weight is 270 g/mol. The van der Waals surface area contributed by atoms with Crippen LogP contribution in [-0.2, 0) is 0 Å². The van der Waals surface area contributed by atoms with Crippen molar-refractivity contribution < 1.29 is 0 Å². The topological polar surface area (TPSA) is 12.0 Å². The minimum atomic E-state index is 0.623. The third-order valence-corrected chi connectivity index (χ3v) is 4.33. The molecule has 19 heavy (non-hydrogen) atoms. The van der Waals surface area contributed by atoms with Crippen LogP contribution in [0.1, 0.15) is 92.4 Å². The third kappa shape index (κ3) is 12.7. The highest BCUT2D eigenvalue weighted by Gasteiger charge is 2.11. The van der Waals surface area contributed by atoms with Crippen LogP contribution in [0.3, 0.4) is 0 Å². The van der Waals surface area contributed by atoms with Gasteiger partial charge in [0.2, 0.25) is 0 Å². The van der Waals surface area contributed by atoms with Gasteiger partial charge in [-0.05, 0) is 18.4 Å². The summed E-state index contributed by atoms with van der Waals surface area (Å²) in [5.41, 5.74) is 0. The zero-order chi connectivity index (χ0) is 14.5. The van der Waals surface area contributed by atoms with Crippen LogP contribution in [0.2, 0.25) is 0 Å². The molecular formula is C18H39N. The Balaban J connectivity index is 3.34. The highest BCUT2D eigenvalue weighted by molar-refractivity contribution is 4.66. The summed E-state index contributed by atoms with van der Waals surface area (Å²) < 4.78 is 0. The van der Waals surface area contributed by atoms with Crippen LogP contribution in [-0.4, -0.2) is 12.6 Å². The fourth-order valence-corrected chi connectivity index (χ4v) is 2.51. The summed E-state index contributed by atoms with van der Waals surface area (Å²) in [7, 11) is 0. The largest absolute Gasteiger partial charge is 0.314 e. The molecule has 0 fully saturated rings. The third-order valence-electron chi connectivity index (χ3n) is 4.33. The Labute approximate surface area is 122 Å². The molecule has 1 N–H and O–H groups in total. The molecule has 2 unspecified atom stereocenters. The Hall–Kier alpha value is -0.0400. The van der Waals surface area contributed by atoms with Crippen molar-refractivity contribution in [3.8, 4) is 0 Å². The van der Waals surface area contributed by atoms with Gasteiger partial charge in [-0.15, -0.1) is 0 Å². The van der Waals surface area contributed by atoms with E-state index in [1.807, 2.05) is 0 Å². The monoisotopic (exact) mass is 269 g/mol. The van der Waals surface area contributed by atoms with E-state index in [2.05, 4.69) is 39.9 Å². The zero-order valence-electron chi connectivity index (χ0n) is 14.3. The summed E-state index contributed by atoms with van der Waals surface area (Å²) in [5, 5.41) is 3.56. The maximum Gasteiger partial charge on any atom is 0.00104 e. The molecule has 1 heteroatoms. The zero-order valence-corrected chi connectivity index (χ0v) is 14.3. The highest BCUT2D eigenvalue weighted by Crippen LogP contribution is 2.19. The lowest BCUT2D eigenvalue weighted by molar-refractivity contribution is 0.328. The molecule has 1 nitrogen and oxygen atoms in total. The average Bonchev–Trinajstić information content (AvgIpc) is 2.38. The first-order valence-corrected chi connectivity index (χ1v) is 8.81. The first-order valence-electron chi connectivity index (χ1n) is 8.81. The molecule has 0 aromatic carbocycles. The molecule has 0 saturated heterocycles. The van der Waals surface area contributed by atoms with E-state index in [1.165, 1.54) is 64.3 Å². The molecule has 0 spiro atoms. The number of hydrogen-bond acceptors (Lipinski definition) is 1. The van der Waals surface area contributed by atoms with Crippen LogP contribution in [0.5, 0.6) is 0 Å². The van der Waals surface area contributed by atoms with E-state index in [9.17, 15) is 0 Å². The molecule has 116 valence electrons. The van der Waals surface area contributed by atoms with Gasteiger partial charge in [-0.2, -0.15) is 0 Å². The molecule has 0 aliphatic carbocycles.